The topological polar surface area (TPSA) is 81.5 Å². The summed E-state index contributed by atoms with van der Waals surface area (Å²) in [5.74, 6) is -0.514. The van der Waals surface area contributed by atoms with Gasteiger partial charge >= 0.3 is 5.97 Å². The Morgan fingerprint density at radius 3 is 2.52 bits per heavy atom. The Morgan fingerprint density at radius 1 is 1.16 bits per heavy atom. The first-order chi connectivity index (χ1) is 11.9. The molecule has 0 aliphatic carbocycles. The molecule has 6 nitrogen and oxygen atoms in total. The molecule has 1 N–H and O–H groups in total. The summed E-state index contributed by atoms with van der Waals surface area (Å²) in [6, 6.07) is 9.28. The lowest BCUT2D eigenvalue weighted by Crippen LogP contribution is -2.15. The number of nitrogens with one attached hydrogen (secondary N) is 1. The molecule has 0 aliphatic heterocycles. The molecule has 25 heavy (non-hydrogen) atoms. The van der Waals surface area contributed by atoms with Gasteiger partial charge in [0.1, 0.15) is 0 Å². The van der Waals surface area contributed by atoms with Crippen LogP contribution in [0.25, 0.3) is 0 Å². The Hall–Kier alpha value is -2.15. The van der Waals surface area contributed by atoms with Crippen molar-refractivity contribution in [3.63, 3.8) is 0 Å². The van der Waals surface area contributed by atoms with Crippen LogP contribution >= 0.6 is 23.2 Å². The summed E-state index contributed by atoms with van der Waals surface area (Å²) in [6.45, 7) is 2.53. The third-order valence-corrected chi connectivity index (χ3v) is 4.02. The van der Waals surface area contributed by atoms with Gasteiger partial charge < -0.3 is 10.1 Å². The molecule has 2 aromatic carbocycles. The Labute approximate surface area is 154 Å². The van der Waals surface area contributed by atoms with E-state index in [2.05, 4.69) is 5.32 Å². The molecule has 8 heteroatoms. The monoisotopic (exact) mass is 382 g/mol. The molecule has 0 unspecified atom stereocenters. The van der Waals surface area contributed by atoms with Crippen molar-refractivity contribution in [2.75, 3.05) is 6.61 Å². The van der Waals surface area contributed by atoms with Crippen LogP contribution in [0.15, 0.2) is 36.4 Å². The lowest BCUT2D eigenvalue weighted by atomic mass is 10.1. The van der Waals surface area contributed by atoms with E-state index in [9.17, 15) is 14.9 Å². The number of esters is 1. The summed E-state index contributed by atoms with van der Waals surface area (Å²) in [5.41, 5.74) is 1.41. The van der Waals surface area contributed by atoms with Gasteiger partial charge in [0.05, 0.1) is 17.1 Å². The molecule has 0 aromatic heterocycles. The van der Waals surface area contributed by atoms with Crippen molar-refractivity contribution in [3.05, 3.63) is 73.2 Å². The van der Waals surface area contributed by atoms with Crippen molar-refractivity contribution in [2.45, 2.75) is 20.0 Å². The number of hydrogen-bond donors (Lipinski definition) is 1. The highest BCUT2D eigenvalue weighted by atomic mass is 35.5. The molecule has 2 aromatic rings. The maximum atomic E-state index is 11.8. The molecule has 0 atom stereocenters. The van der Waals surface area contributed by atoms with Gasteiger partial charge in [0.2, 0.25) is 0 Å². The molecule has 0 radical (unpaired) electrons. The van der Waals surface area contributed by atoms with Crippen LogP contribution in [0.2, 0.25) is 10.0 Å². The molecule has 0 heterocycles. The largest absolute Gasteiger partial charge is 0.462 e. The number of nitrogens with zero attached hydrogens (tertiary/aromatic N) is 1. The summed E-state index contributed by atoms with van der Waals surface area (Å²) >= 11 is 12.0. The molecular formula is C17H16Cl2N2O4. The van der Waals surface area contributed by atoms with E-state index in [-0.39, 0.29) is 24.4 Å². The zero-order valence-corrected chi connectivity index (χ0v) is 14.9. The average Bonchev–Trinajstić information content (AvgIpc) is 2.56. The lowest BCUT2D eigenvalue weighted by molar-refractivity contribution is -0.385. The first kappa shape index (κ1) is 19.2. The fourth-order valence-corrected chi connectivity index (χ4v) is 2.72. The summed E-state index contributed by atoms with van der Waals surface area (Å²) in [6.07, 6.45) is 0. The van der Waals surface area contributed by atoms with E-state index in [0.29, 0.717) is 22.2 Å². The van der Waals surface area contributed by atoms with Crippen LogP contribution in [0, 0.1) is 10.1 Å². The van der Waals surface area contributed by atoms with Crippen LogP contribution in [0.1, 0.15) is 28.4 Å². The van der Waals surface area contributed by atoms with Crippen molar-refractivity contribution in [1.82, 2.24) is 5.32 Å². The molecule has 0 fully saturated rings. The van der Waals surface area contributed by atoms with Crippen molar-refractivity contribution < 1.29 is 14.5 Å². The molecule has 2 rings (SSSR count). The molecule has 0 aliphatic rings. The van der Waals surface area contributed by atoms with E-state index < -0.39 is 10.9 Å². The zero-order chi connectivity index (χ0) is 18.4. The summed E-state index contributed by atoms with van der Waals surface area (Å²) in [5, 5.41) is 15.3. The van der Waals surface area contributed by atoms with Gasteiger partial charge in [0, 0.05) is 34.8 Å². The van der Waals surface area contributed by atoms with Gasteiger partial charge in [-0.05, 0) is 36.8 Å². The smallest absolute Gasteiger partial charge is 0.338 e. The van der Waals surface area contributed by atoms with Gasteiger partial charge in [0.15, 0.2) is 0 Å². The maximum Gasteiger partial charge on any atom is 0.338 e. The van der Waals surface area contributed by atoms with E-state index >= 15 is 0 Å². The van der Waals surface area contributed by atoms with E-state index in [0.717, 1.165) is 5.56 Å². The second-order valence-electron chi connectivity index (χ2n) is 5.16. The summed E-state index contributed by atoms with van der Waals surface area (Å²) in [7, 11) is 0. The van der Waals surface area contributed by atoms with Crippen LogP contribution in [0.3, 0.4) is 0 Å². The highest BCUT2D eigenvalue weighted by Gasteiger charge is 2.17. The second kappa shape index (κ2) is 8.80. The van der Waals surface area contributed by atoms with E-state index in [1.807, 2.05) is 0 Å². The standard InChI is InChI=1S/C17H16Cl2N2O4/c1-2-25-17(22)11-4-6-16(21(23)24)13(7-11)10-20-9-12-3-5-14(18)8-15(12)19/h3-8,20H,2,9-10H2,1H3. The number of benzene rings is 2. The number of carbonyl (C=O) groups excluding carboxylic acids is 1. The van der Waals surface area contributed by atoms with Gasteiger partial charge in [-0.2, -0.15) is 0 Å². The van der Waals surface area contributed by atoms with Crippen molar-refractivity contribution >= 4 is 34.9 Å². The van der Waals surface area contributed by atoms with Crippen LogP contribution in [0.5, 0.6) is 0 Å². The number of halogens is 2. The Bertz CT molecular complexity index is 796. The van der Waals surface area contributed by atoms with E-state index in [4.69, 9.17) is 27.9 Å². The third kappa shape index (κ3) is 5.16. The number of rotatable bonds is 7. The minimum absolute atomic E-state index is 0.0669. The van der Waals surface area contributed by atoms with Crippen molar-refractivity contribution in [2.24, 2.45) is 0 Å². The van der Waals surface area contributed by atoms with Crippen LogP contribution in [0.4, 0.5) is 5.69 Å². The van der Waals surface area contributed by atoms with Gasteiger partial charge in [-0.1, -0.05) is 29.3 Å². The number of ether oxygens (including phenoxy) is 1. The van der Waals surface area contributed by atoms with Gasteiger partial charge in [-0.15, -0.1) is 0 Å². The predicted molar refractivity (Wildman–Crippen MR) is 96.1 cm³/mol. The van der Waals surface area contributed by atoms with Gasteiger partial charge in [0.25, 0.3) is 5.69 Å². The summed E-state index contributed by atoms with van der Waals surface area (Å²) in [4.78, 5) is 22.5. The quantitative estimate of drug-likeness (QED) is 0.436. The molecule has 0 spiro atoms. The number of carbonyl (C=O) groups is 1. The second-order valence-corrected chi connectivity index (χ2v) is 6.00. The first-order valence-electron chi connectivity index (χ1n) is 7.51. The molecule has 0 bridgehead atoms. The van der Waals surface area contributed by atoms with Crippen LogP contribution in [-0.2, 0) is 17.8 Å². The maximum absolute atomic E-state index is 11.8. The number of nitro benzene ring substituents is 1. The van der Waals surface area contributed by atoms with Gasteiger partial charge in [-0.25, -0.2) is 4.79 Å². The highest BCUT2D eigenvalue weighted by Crippen LogP contribution is 2.23. The predicted octanol–water partition coefficient (Wildman–Crippen LogP) is 4.37. The molecule has 132 valence electrons. The fourth-order valence-electron chi connectivity index (χ4n) is 2.24. The zero-order valence-electron chi connectivity index (χ0n) is 13.4. The van der Waals surface area contributed by atoms with Crippen molar-refractivity contribution in [1.29, 1.82) is 0 Å². The number of nitro groups is 1. The molecular weight excluding hydrogens is 367 g/mol. The van der Waals surface area contributed by atoms with Crippen molar-refractivity contribution in [3.8, 4) is 0 Å². The highest BCUT2D eigenvalue weighted by molar-refractivity contribution is 6.35. The molecule has 0 saturated heterocycles. The van der Waals surface area contributed by atoms with E-state index in [1.54, 1.807) is 25.1 Å². The minimum Gasteiger partial charge on any atom is -0.462 e. The number of hydrogen-bond acceptors (Lipinski definition) is 5. The van der Waals surface area contributed by atoms with E-state index in [1.165, 1.54) is 18.2 Å². The molecule has 0 saturated carbocycles. The third-order valence-electron chi connectivity index (χ3n) is 3.43. The Kier molecular flexibility index (Phi) is 6.75. The SMILES string of the molecule is CCOC(=O)c1ccc([N+](=O)[O-])c(CNCc2ccc(Cl)cc2Cl)c1. The first-order valence-corrected chi connectivity index (χ1v) is 8.27. The molecule has 0 amide bonds. The lowest BCUT2D eigenvalue weighted by Gasteiger charge is -2.09. The summed E-state index contributed by atoms with van der Waals surface area (Å²) < 4.78 is 4.92. The average molecular weight is 383 g/mol. The van der Waals surface area contributed by atoms with Crippen LogP contribution in [-0.4, -0.2) is 17.5 Å². The van der Waals surface area contributed by atoms with Crippen LogP contribution < -0.4 is 5.32 Å². The normalized spacial score (nSPS) is 10.5. The van der Waals surface area contributed by atoms with Gasteiger partial charge in [-0.3, -0.25) is 10.1 Å². The Morgan fingerprint density at radius 2 is 1.88 bits per heavy atom. The Balaban J connectivity index is 2.14. The minimum atomic E-state index is -0.514. The fraction of sp³-hybridized carbons (Fsp3) is 0.235.